The predicted octanol–water partition coefficient (Wildman–Crippen LogP) is 4.09. The molecule has 0 saturated carbocycles. The Balaban J connectivity index is 1.89. The summed E-state index contributed by atoms with van der Waals surface area (Å²) >= 11 is 3.19. The van der Waals surface area contributed by atoms with Crippen LogP contribution in [0.2, 0.25) is 0 Å². The first-order valence-electron chi connectivity index (χ1n) is 8.87. The molecule has 3 aromatic rings. The van der Waals surface area contributed by atoms with Crippen LogP contribution in [-0.2, 0) is 4.79 Å². The summed E-state index contributed by atoms with van der Waals surface area (Å²) < 4.78 is 20.3. The van der Waals surface area contributed by atoms with E-state index in [0.717, 1.165) is 0 Å². The number of nitrogens with zero attached hydrogens (tertiary/aromatic N) is 3. The molecule has 1 heterocycles. The maximum absolute atomic E-state index is 14.2. The summed E-state index contributed by atoms with van der Waals surface area (Å²) in [4.78, 5) is 30.1. The van der Waals surface area contributed by atoms with Crippen LogP contribution in [0.4, 0.5) is 21.6 Å². The van der Waals surface area contributed by atoms with E-state index in [-0.39, 0.29) is 35.5 Å². The fourth-order valence-electron chi connectivity index (χ4n) is 2.67. The molecule has 30 heavy (non-hydrogen) atoms. The van der Waals surface area contributed by atoms with Crippen molar-refractivity contribution in [3.63, 3.8) is 0 Å². The molecule has 1 aromatic heterocycles. The molecular weight excluding hydrogens is 461 g/mol. The second kappa shape index (κ2) is 9.44. The van der Waals surface area contributed by atoms with Crippen LogP contribution in [0.5, 0.6) is 5.75 Å². The molecular formula is C19H17BrFN5O4. The minimum atomic E-state index is -0.570. The summed E-state index contributed by atoms with van der Waals surface area (Å²) in [5.41, 5.74) is 0.294. The van der Waals surface area contributed by atoms with Gasteiger partial charge in [0.15, 0.2) is 5.75 Å². The molecule has 0 radical (unpaired) electrons. The highest BCUT2D eigenvalue weighted by Crippen LogP contribution is 2.35. The molecule has 0 aliphatic rings. The molecule has 0 spiro atoms. The summed E-state index contributed by atoms with van der Waals surface area (Å²) in [5, 5.41) is 17.4. The molecule has 9 nitrogen and oxygen atoms in total. The van der Waals surface area contributed by atoms with Crippen LogP contribution >= 0.6 is 15.9 Å². The normalized spacial score (nSPS) is 10.6. The summed E-state index contributed by atoms with van der Waals surface area (Å²) in [6.07, 6.45) is 1.75. The number of fused-ring (bicyclic) bond motifs is 1. The quantitative estimate of drug-likeness (QED) is 0.284. The van der Waals surface area contributed by atoms with E-state index in [1.54, 1.807) is 6.07 Å². The van der Waals surface area contributed by atoms with Gasteiger partial charge in [0.2, 0.25) is 5.91 Å². The Bertz CT molecular complexity index is 1110. The molecule has 0 unspecified atom stereocenters. The van der Waals surface area contributed by atoms with Gasteiger partial charge in [-0.05, 0) is 24.6 Å². The van der Waals surface area contributed by atoms with E-state index in [2.05, 4.69) is 36.5 Å². The molecule has 0 atom stereocenters. The molecule has 2 aromatic carbocycles. The zero-order valence-electron chi connectivity index (χ0n) is 15.8. The van der Waals surface area contributed by atoms with Crippen LogP contribution in [0.25, 0.3) is 10.9 Å². The lowest BCUT2D eigenvalue weighted by Crippen LogP contribution is -2.22. The Hall–Kier alpha value is -3.34. The van der Waals surface area contributed by atoms with Crippen molar-refractivity contribution in [1.82, 2.24) is 15.3 Å². The van der Waals surface area contributed by atoms with Gasteiger partial charge in [0, 0.05) is 30.1 Å². The number of hydrogen-bond acceptors (Lipinski definition) is 7. The highest BCUT2D eigenvalue weighted by Gasteiger charge is 2.19. The molecule has 156 valence electrons. The van der Waals surface area contributed by atoms with Crippen molar-refractivity contribution in [3.05, 3.63) is 57.1 Å². The van der Waals surface area contributed by atoms with Gasteiger partial charge in [-0.3, -0.25) is 14.9 Å². The number of carbonyl (C=O) groups excluding carboxylic acids is 1. The van der Waals surface area contributed by atoms with Crippen molar-refractivity contribution in [1.29, 1.82) is 0 Å². The first-order valence-corrected chi connectivity index (χ1v) is 9.67. The van der Waals surface area contributed by atoms with Crippen LogP contribution in [0, 0.1) is 15.9 Å². The summed E-state index contributed by atoms with van der Waals surface area (Å²) in [7, 11) is 0. The van der Waals surface area contributed by atoms with Crippen LogP contribution in [-0.4, -0.2) is 34.0 Å². The van der Waals surface area contributed by atoms with E-state index in [4.69, 9.17) is 4.74 Å². The Morgan fingerprint density at radius 2 is 2.10 bits per heavy atom. The van der Waals surface area contributed by atoms with Gasteiger partial charge in [-0.1, -0.05) is 15.9 Å². The first-order chi connectivity index (χ1) is 14.3. The van der Waals surface area contributed by atoms with Crippen molar-refractivity contribution >= 4 is 49.9 Å². The number of benzene rings is 2. The molecule has 11 heteroatoms. The van der Waals surface area contributed by atoms with Crippen molar-refractivity contribution in [2.75, 3.05) is 18.5 Å². The molecule has 0 fully saturated rings. The number of nitro benzene ring substituents is 1. The average molecular weight is 478 g/mol. The van der Waals surface area contributed by atoms with Crippen molar-refractivity contribution in [3.8, 4) is 5.75 Å². The minimum absolute atomic E-state index is 0.0507. The number of amides is 1. The maximum Gasteiger partial charge on any atom is 0.311 e. The number of rotatable bonds is 8. The molecule has 0 bridgehead atoms. The predicted molar refractivity (Wildman–Crippen MR) is 112 cm³/mol. The number of halogens is 2. The van der Waals surface area contributed by atoms with E-state index in [0.29, 0.717) is 28.3 Å². The summed E-state index contributed by atoms with van der Waals surface area (Å²) in [5.74, 6) is -0.397. The third kappa shape index (κ3) is 5.17. The van der Waals surface area contributed by atoms with Gasteiger partial charge in [-0.2, -0.15) is 0 Å². The Labute approximate surface area is 178 Å². The van der Waals surface area contributed by atoms with Gasteiger partial charge >= 0.3 is 5.69 Å². The average Bonchev–Trinajstić information content (AvgIpc) is 2.69. The number of aromatic nitrogens is 2. The largest absolute Gasteiger partial charge is 0.487 e. The number of carbonyl (C=O) groups is 1. The third-order valence-corrected chi connectivity index (χ3v) is 4.54. The van der Waals surface area contributed by atoms with E-state index >= 15 is 0 Å². The second-order valence-electron chi connectivity index (χ2n) is 6.25. The molecule has 1 amide bonds. The number of anilines is 2. The Morgan fingerprint density at radius 1 is 1.30 bits per heavy atom. The Morgan fingerprint density at radius 3 is 2.80 bits per heavy atom. The van der Waals surface area contributed by atoms with Crippen molar-refractivity contribution in [2.45, 2.75) is 13.3 Å². The van der Waals surface area contributed by atoms with Gasteiger partial charge in [-0.25, -0.2) is 14.4 Å². The van der Waals surface area contributed by atoms with E-state index in [9.17, 15) is 19.3 Å². The fourth-order valence-corrected chi connectivity index (χ4v) is 3.00. The smallest absolute Gasteiger partial charge is 0.311 e. The lowest BCUT2D eigenvalue weighted by Gasteiger charge is -2.11. The van der Waals surface area contributed by atoms with Crippen LogP contribution < -0.4 is 15.4 Å². The molecule has 0 saturated heterocycles. The minimum Gasteiger partial charge on any atom is -0.487 e. The summed E-state index contributed by atoms with van der Waals surface area (Å²) in [6, 6.07) is 7.20. The lowest BCUT2D eigenvalue weighted by atomic mass is 10.2. The summed E-state index contributed by atoms with van der Waals surface area (Å²) in [6.45, 7) is 1.97. The topological polar surface area (TPSA) is 119 Å². The van der Waals surface area contributed by atoms with Gasteiger partial charge in [-0.15, -0.1) is 0 Å². The van der Waals surface area contributed by atoms with Crippen LogP contribution in [0.3, 0.4) is 0 Å². The first kappa shape index (κ1) is 21.4. The molecule has 0 aliphatic heterocycles. The van der Waals surface area contributed by atoms with Crippen molar-refractivity contribution < 1.29 is 18.8 Å². The molecule has 3 rings (SSSR count). The zero-order chi connectivity index (χ0) is 21.7. The van der Waals surface area contributed by atoms with E-state index in [1.807, 2.05) is 0 Å². The third-order valence-electron chi connectivity index (χ3n) is 4.05. The standard InChI is InChI=1S/C19H17BrFN5O4/c1-11(27)22-5-2-6-30-18-9-16-13(8-17(18)26(28)29)19(24-10-23-16)25-15-4-3-12(20)7-14(15)21/h3-4,7-10H,2,5-6H2,1H3,(H,22,27)(H,23,24,25). The number of nitro groups is 1. The highest BCUT2D eigenvalue weighted by molar-refractivity contribution is 9.10. The van der Waals surface area contributed by atoms with Gasteiger partial charge < -0.3 is 15.4 Å². The highest BCUT2D eigenvalue weighted by atomic mass is 79.9. The van der Waals surface area contributed by atoms with Crippen LogP contribution in [0.15, 0.2) is 41.1 Å². The number of nitrogens with one attached hydrogen (secondary N) is 2. The van der Waals surface area contributed by atoms with Crippen molar-refractivity contribution in [2.24, 2.45) is 0 Å². The zero-order valence-corrected chi connectivity index (χ0v) is 17.4. The lowest BCUT2D eigenvalue weighted by molar-refractivity contribution is -0.385. The van der Waals surface area contributed by atoms with Gasteiger partial charge in [0.05, 0.1) is 28.1 Å². The molecule has 2 N–H and O–H groups in total. The van der Waals surface area contributed by atoms with Gasteiger partial charge in [0.1, 0.15) is 18.0 Å². The maximum atomic E-state index is 14.2. The van der Waals surface area contributed by atoms with E-state index in [1.165, 1.54) is 37.5 Å². The fraction of sp³-hybridized carbons (Fsp3) is 0.211. The number of ether oxygens (including phenoxy) is 1. The second-order valence-corrected chi connectivity index (χ2v) is 7.17. The molecule has 0 aliphatic carbocycles. The number of hydrogen-bond donors (Lipinski definition) is 2. The van der Waals surface area contributed by atoms with E-state index < -0.39 is 10.7 Å². The monoisotopic (exact) mass is 477 g/mol. The SMILES string of the molecule is CC(=O)NCCCOc1cc2ncnc(Nc3ccc(Br)cc3F)c2cc1[N+](=O)[O-]. The van der Waals surface area contributed by atoms with Gasteiger partial charge in [0.25, 0.3) is 0 Å². The van der Waals surface area contributed by atoms with Crippen LogP contribution in [0.1, 0.15) is 13.3 Å². The Kier molecular flexibility index (Phi) is 6.72.